The van der Waals surface area contributed by atoms with Gasteiger partial charge in [-0.1, -0.05) is 19.3 Å². The first-order valence-corrected chi connectivity index (χ1v) is 10.0. The summed E-state index contributed by atoms with van der Waals surface area (Å²) < 4.78 is 0. The van der Waals surface area contributed by atoms with E-state index in [2.05, 4.69) is 10.3 Å². The number of nitrogens with zero attached hydrogens (tertiary/aromatic N) is 4. The third-order valence-electron chi connectivity index (χ3n) is 5.71. The quantitative estimate of drug-likeness (QED) is 0.899. The van der Waals surface area contributed by atoms with E-state index >= 15 is 0 Å². The van der Waals surface area contributed by atoms with Gasteiger partial charge in [0.15, 0.2) is 5.82 Å². The van der Waals surface area contributed by atoms with E-state index < -0.39 is 0 Å². The van der Waals surface area contributed by atoms with Crippen molar-refractivity contribution >= 4 is 11.7 Å². The number of aromatic nitrogens is 3. The van der Waals surface area contributed by atoms with Crippen LogP contribution in [0.4, 0.5) is 5.82 Å². The summed E-state index contributed by atoms with van der Waals surface area (Å²) in [5, 5.41) is 3.62. The average Bonchev–Trinajstić information content (AvgIpc) is 2.72. The van der Waals surface area contributed by atoms with Crippen LogP contribution in [0.5, 0.6) is 0 Å². The third kappa shape index (κ3) is 4.10. The minimum atomic E-state index is 0.0962. The second-order valence-electron chi connectivity index (χ2n) is 7.64. The van der Waals surface area contributed by atoms with Gasteiger partial charge < -0.3 is 10.2 Å². The number of amides is 1. The Bertz CT molecular complexity index is 802. The fourth-order valence-corrected chi connectivity index (χ4v) is 4.10. The normalized spacial score (nSPS) is 17.4. The fourth-order valence-electron chi connectivity index (χ4n) is 4.10. The van der Waals surface area contributed by atoms with Crippen LogP contribution >= 0.6 is 0 Å². The summed E-state index contributed by atoms with van der Waals surface area (Å²) in [5.41, 5.74) is 3.02. The molecule has 27 heavy (non-hydrogen) atoms. The molecule has 6 nitrogen and oxygen atoms in total. The van der Waals surface area contributed by atoms with E-state index in [1.807, 2.05) is 17.0 Å². The summed E-state index contributed by atoms with van der Waals surface area (Å²) in [4.78, 5) is 27.5. The highest BCUT2D eigenvalue weighted by atomic mass is 16.2. The maximum atomic E-state index is 11.8. The standard InChI is InChI=1S/C21H27N5O/c1-15(27)26-11-9-18-19(14-26)24-20(17-8-5-10-22-13-17)25-21(18)23-12-16-6-3-2-4-7-16/h5,8,10,13,16H,2-4,6-7,9,11-12,14H2,1H3,(H,23,24,25). The van der Waals surface area contributed by atoms with Crippen molar-refractivity contribution < 1.29 is 4.79 Å². The smallest absolute Gasteiger partial charge is 0.219 e. The van der Waals surface area contributed by atoms with Crippen LogP contribution in [-0.4, -0.2) is 38.8 Å². The van der Waals surface area contributed by atoms with Crippen molar-refractivity contribution in [3.05, 3.63) is 35.8 Å². The summed E-state index contributed by atoms with van der Waals surface area (Å²) in [5.74, 6) is 2.44. The highest BCUT2D eigenvalue weighted by molar-refractivity contribution is 5.74. The predicted molar refractivity (Wildman–Crippen MR) is 105 cm³/mol. The van der Waals surface area contributed by atoms with Crippen LogP contribution in [0.3, 0.4) is 0 Å². The van der Waals surface area contributed by atoms with Gasteiger partial charge in [-0.25, -0.2) is 9.97 Å². The second kappa shape index (κ2) is 8.03. The molecule has 1 N–H and O–H groups in total. The highest BCUT2D eigenvalue weighted by Gasteiger charge is 2.24. The van der Waals surface area contributed by atoms with Gasteiger partial charge in [0.1, 0.15) is 5.82 Å². The molecule has 2 aliphatic rings. The van der Waals surface area contributed by atoms with Crippen molar-refractivity contribution in [1.82, 2.24) is 19.9 Å². The molecular formula is C21H27N5O. The summed E-state index contributed by atoms with van der Waals surface area (Å²) in [6.07, 6.45) is 11.0. The van der Waals surface area contributed by atoms with Crippen LogP contribution in [0.25, 0.3) is 11.4 Å². The molecule has 0 bridgehead atoms. The molecule has 2 aromatic heterocycles. The van der Waals surface area contributed by atoms with Gasteiger partial charge in [0.25, 0.3) is 0 Å². The van der Waals surface area contributed by atoms with Gasteiger partial charge in [-0.2, -0.15) is 0 Å². The first-order valence-electron chi connectivity index (χ1n) is 10.0. The Morgan fingerprint density at radius 1 is 1.26 bits per heavy atom. The lowest BCUT2D eigenvalue weighted by atomic mass is 9.89. The average molecular weight is 365 g/mol. The number of carbonyl (C=O) groups is 1. The van der Waals surface area contributed by atoms with Crippen LogP contribution in [-0.2, 0) is 17.8 Å². The number of anilines is 1. The molecule has 1 aliphatic heterocycles. The van der Waals surface area contributed by atoms with E-state index in [4.69, 9.17) is 9.97 Å². The Balaban J connectivity index is 1.63. The number of carbonyl (C=O) groups excluding carboxylic acids is 1. The zero-order chi connectivity index (χ0) is 18.6. The number of nitrogens with one attached hydrogen (secondary N) is 1. The van der Waals surface area contributed by atoms with E-state index in [0.29, 0.717) is 12.4 Å². The molecule has 6 heteroatoms. The molecule has 0 atom stereocenters. The van der Waals surface area contributed by atoms with Crippen LogP contribution in [0.2, 0.25) is 0 Å². The van der Waals surface area contributed by atoms with Gasteiger partial charge in [0.05, 0.1) is 12.2 Å². The van der Waals surface area contributed by atoms with Gasteiger partial charge in [-0.05, 0) is 37.3 Å². The number of pyridine rings is 1. The summed E-state index contributed by atoms with van der Waals surface area (Å²) in [7, 11) is 0. The fraction of sp³-hybridized carbons (Fsp3) is 0.524. The topological polar surface area (TPSA) is 71.0 Å². The number of hydrogen-bond donors (Lipinski definition) is 1. The molecule has 1 amide bonds. The molecule has 0 unspecified atom stereocenters. The van der Waals surface area contributed by atoms with Crippen molar-refractivity contribution in [2.45, 2.75) is 52.0 Å². The first-order chi connectivity index (χ1) is 13.2. The molecule has 1 fully saturated rings. The highest BCUT2D eigenvalue weighted by Crippen LogP contribution is 2.29. The van der Waals surface area contributed by atoms with Gasteiger partial charge in [-0.3, -0.25) is 9.78 Å². The van der Waals surface area contributed by atoms with Crippen LogP contribution in [0.15, 0.2) is 24.5 Å². The zero-order valence-electron chi connectivity index (χ0n) is 15.9. The summed E-state index contributed by atoms with van der Waals surface area (Å²) in [6, 6.07) is 3.88. The lowest BCUT2D eigenvalue weighted by Gasteiger charge is -2.29. The Morgan fingerprint density at radius 3 is 2.85 bits per heavy atom. The minimum absolute atomic E-state index is 0.0962. The maximum Gasteiger partial charge on any atom is 0.219 e. The molecule has 4 rings (SSSR count). The molecule has 3 heterocycles. The van der Waals surface area contributed by atoms with Crippen molar-refractivity contribution in [1.29, 1.82) is 0 Å². The van der Waals surface area contributed by atoms with E-state index in [0.717, 1.165) is 48.1 Å². The Hall–Kier alpha value is -2.50. The van der Waals surface area contributed by atoms with Crippen molar-refractivity contribution in [2.24, 2.45) is 5.92 Å². The second-order valence-corrected chi connectivity index (χ2v) is 7.64. The SMILES string of the molecule is CC(=O)N1CCc2c(nc(-c3cccnc3)nc2NCC2CCCCC2)C1. The van der Waals surface area contributed by atoms with Crippen molar-refractivity contribution in [3.63, 3.8) is 0 Å². The molecular weight excluding hydrogens is 338 g/mol. The van der Waals surface area contributed by atoms with Gasteiger partial charge in [0.2, 0.25) is 5.91 Å². The van der Waals surface area contributed by atoms with Crippen molar-refractivity contribution in [3.8, 4) is 11.4 Å². The Morgan fingerprint density at radius 2 is 2.11 bits per heavy atom. The van der Waals surface area contributed by atoms with Crippen LogP contribution in [0, 0.1) is 5.92 Å². The number of hydrogen-bond acceptors (Lipinski definition) is 5. The lowest BCUT2D eigenvalue weighted by Crippen LogP contribution is -2.35. The molecule has 1 saturated carbocycles. The molecule has 0 aromatic carbocycles. The predicted octanol–water partition coefficient (Wildman–Crippen LogP) is 3.44. The van der Waals surface area contributed by atoms with E-state index in [1.54, 1.807) is 19.3 Å². The Kier molecular flexibility index (Phi) is 5.32. The van der Waals surface area contributed by atoms with Gasteiger partial charge in [-0.15, -0.1) is 0 Å². The first kappa shape index (κ1) is 17.9. The molecule has 0 radical (unpaired) electrons. The molecule has 142 valence electrons. The zero-order valence-corrected chi connectivity index (χ0v) is 15.9. The third-order valence-corrected chi connectivity index (χ3v) is 5.71. The van der Waals surface area contributed by atoms with E-state index in [-0.39, 0.29) is 5.91 Å². The van der Waals surface area contributed by atoms with E-state index in [1.165, 1.54) is 32.1 Å². The number of rotatable bonds is 4. The molecule has 0 saturated heterocycles. The number of fused-ring (bicyclic) bond motifs is 1. The summed E-state index contributed by atoms with van der Waals surface area (Å²) >= 11 is 0. The van der Waals surface area contributed by atoms with E-state index in [9.17, 15) is 4.79 Å². The van der Waals surface area contributed by atoms with Gasteiger partial charge in [0, 0.05) is 43.5 Å². The van der Waals surface area contributed by atoms with Crippen molar-refractivity contribution in [2.75, 3.05) is 18.4 Å². The largest absolute Gasteiger partial charge is 0.369 e. The van der Waals surface area contributed by atoms with Crippen LogP contribution in [0.1, 0.15) is 50.3 Å². The minimum Gasteiger partial charge on any atom is -0.369 e. The molecule has 0 spiro atoms. The van der Waals surface area contributed by atoms with Crippen LogP contribution < -0.4 is 5.32 Å². The monoisotopic (exact) mass is 365 g/mol. The van der Waals surface area contributed by atoms with Gasteiger partial charge >= 0.3 is 0 Å². The molecule has 1 aliphatic carbocycles. The maximum absolute atomic E-state index is 11.8. The summed E-state index contributed by atoms with van der Waals surface area (Å²) in [6.45, 7) is 3.87. The molecule has 2 aromatic rings. The Labute approximate surface area is 160 Å². The lowest BCUT2D eigenvalue weighted by molar-refractivity contribution is -0.129.